The van der Waals surface area contributed by atoms with Crippen LogP contribution in [0.1, 0.15) is 298 Å². The second-order valence-electron chi connectivity index (χ2n) is 24.6. The van der Waals surface area contributed by atoms with Crippen molar-refractivity contribution in [2.75, 3.05) is 37.1 Å². The van der Waals surface area contributed by atoms with Gasteiger partial charge in [0.2, 0.25) is 0 Å². The molecular weight excluding hydrogens is 1060 g/mol. The molecule has 1 heterocycles. The fourth-order valence-corrected chi connectivity index (χ4v) is 11.5. The third-order valence-electron chi connectivity index (χ3n) is 16.9. The highest BCUT2D eigenvalue weighted by Crippen LogP contribution is 2.45. The summed E-state index contributed by atoms with van der Waals surface area (Å²) >= 11 is 0. The Labute approximate surface area is 522 Å². The summed E-state index contributed by atoms with van der Waals surface area (Å²) < 4.78 is 27.2. The van der Waals surface area contributed by atoms with Crippen LogP contribution in [0, 0.1) is 0 Å². The van der Waals surface area contributed by atoms with Gasteiger partial charge in [-0.25, -0.2) is 9.97 Å². The lowest BCUT2D eigenvalue weighted by Crippen LogP contribution is -2.05. The molecule has 0 bridgehead atoms. The second kappa shape index (κ2) is 45.0. The van der Waals surface area contributed by atoms with E-state index in [-0.39, 0.29) is 11.6 Å². The highest BCUT2D eigenvalue weighted by Gasteiger charge is 2.21. The third-order valence-corrected chi connectivity index (χ3v) is 16.9. The van der Waals surface area contributed by atoms with Crippen molar-refractivity contribution in [3.05, 3.63) is 61.0 Å². The number of ketones is 2. The van der Waals surface area contributed by atoms with Gasteiger partial charge in [0.15, 0.2) is 34.6 Å². The Morgan fingerprint density at radius 3 is 0.849 bits per heavy atom. The average Bonchev–Trinajstić information content (AvgIpc) is 0.786. The maximum absolute atomic E-state index is 13.2. The van der Waals surface area contributed by atoms with Crippen LogP contribution < -0.4 is 29.6 Å². The molecule has 0 atom stereocenters. The lowest BCUT2D eigenvalue weighted by atomic mass is 9.97. The molecule has 0 saturated heterocycles. The summed E-state index contributed by atoms with van der Waals surface area (Å²) in [6.45, 7) is 15.9. The second-order valence-corrected chi connectivity index (χ2v) is 24.6. The first-order valence-electron chi connectivity index (χ1n) is 35.5. The van der Waals surface area contributed by atoms with Gasteiger partial charge in [-0.15, -0.1) is 0 Å². The molecule has 0 aliphatic carbocycles. The van der Waals surface area contributed by atoms with Gasteiger partial charge in [-0.2, -0.15) is 0 Å². The van der Waals surface area contributed by atoms with Crippen molar-refractivity contribution in [1.29, 1.82) is 0 Å². The molecule has 0 aliphatic rings. The van der Waals surface area contributed by atoms with E-state index in [4.69, 9.17) is 28.9 Å². The molecule has 5 rings (SSSR count). The van der Waals surface area contributed by atoms with Crippen molar-refractivity contribution >= 4 is 66.6 Å². The number of unbranched alkanes of at least 4 members (excludes halogenated alkanes) is 32. The van der Waals surface area contributed by atoms with Gasteiger partial charge in [-0.3, -0.25) is 9.59 Å². The molecule has 0 saturated carbocycles. The topological polar surface area (TPSA) is 121 Å². The molecule has 86 heavy (non-hydrogen) atoms. The molecule has 478 valence electrons. The molecule has 0 unspecified atom stereocenters. The largest absolute Gasteiger partial charge is 0.490 e. The number of fused-ring (bicyclic) bond motifs is 7. The quantitative estimate of drug-likeness (QED) is 0.0168. The zero-order valence-electron chi connectivity index (χ0n) is 55.2. The van der Waals surface area contributed by atoms with Gasteiger partial charge < -0.3 is 29.6 Å². The summed E-state index contributed by atoms with van der Waals surface area (Å²) in [6.07, 6.45) is 52.3. The number of rotatable bonds is 54. The number of allylic oxidation sites excluding steroid dienone is 2. The van der Waals surface area contributed by atoms with E-state index in [1.54, 1.807) is 24.6 Å². The minimum absolute atomic E-state index is 0.0949. The van der Waals surface area contributed by atoms with Crippen molar-refractivity contribution < 1.29 is 28.5 Å². The van der Waals surface area contributed by atoms with Crippen molar-refractivity contribution in [3.8, 4) is 23.0 Å². The van der Waals surface area contributed by atoms with Crippen LogP contribution in [-0.4, -0.2) is 48.0 Å². The number of nitrogens with zero attached hydrogens (tertiary/aromatic N) is 2. The predicted molar refractivity (Wildman–Crippen MR) is 368 cm³/mol. The number of hydrogen-bond acceptors (Lipinski definition) is 10. The Hall–Kier alpha value is -5.38. The van der Waals surface area contributed by atoms with E-state index in [0.717, 1.165) is 133 Å². The first-order valence-corrected chi connectivity index (χ1v) is 35.5. The van der Waals surface area contributed by atoms with E-state index in [1.807, 2.05) is 12.1 Å². The van der Waals surface area contributed by atoms with Crippen LogP contribution in [0.3, 0.4) is 0 Å². The molecule has 5 aromatic rings. The zero-order chi connectivity index (χ0) is 61.1. The fourth-order valence-electron chi connectivity index (χ4n) is 11.5. The summed E-state index contributed by atoms with van der Waals surface area (Å²) in [6, 6.07) is 12.7. The van der Waals surface area contributed by atoms with Gasteiger partial charge in [0.05, 0.1) is 59.9 Å². The fraction of sp³-hybridized carbons (Fsp3) is 0.658. The Balaban J connectivity index is 1.65. The number of ether oxygens (including phenoxy) is 4. The first kappa shape index (κ1) is 71.4. The molecule has 0 amide bonds. The molecule has 0 aliphatic heterocycles. The minimum atomic E-state index is 0.0949. The number of carbonyl (C=O) groups excluding carboxylic acids is 2. The van der Waals surface area contributed by atoms with E-state index >= 15 is 0 Å². The summed E-state index contributed by atoms with van der Waals surface area (Å²) in [5.74, 6) is 3.12. The Kier molecular flexibility index (Phi) is 37.3. The van der Waals surface area contributed by atoms with Crippen molar-refractivity contribution in [2.24, 2.45) is 0 Å². The number of anilines is 2. The van der Waals surface area contributed by atoms with E-state index < -0.39 is 0 Å². The number of carbonyl (C=O) groups is 2. The summed E-state index contributed by atoms with van der Waals surface area (Å²) in [7, 11) is 0. The number of aromatic nitrogens is 2. The summed E-state index contributed by atoms with van der Waals surface area (Å²) in [4.78, 5) is 37.5. The Morgan fingerprint density at radius 1 is 0.326 bits per heavy atom. The maximum Gasteiger partial charge on any atom is 0.161 e. The zero-order valence-corrected chi connectivity index (χ0v) is 55.2. The van der Waals surface area contributed by atoms with Gasteiger partial charge in [0.1, 0.15) is 0 Å². The summed E-state index contributed by atoms with van der Waals surface area (Å²) in [5, 5.41) is 10.7. The van der Waals surface area contributed by atoms with Crippen LogP contribution in [0.15, 0.2) is 61.0 Å². The van der Waals surface area contributed by atoms with E-state index in [0.29, 0.717) is 61.7 Å². The van der Waals surface area contributed by atoms with Crippen molar-refractivity contribution in [1.82, 2.24) is 9.97 Å². The molecule has 10 nitrogen and oxygen atoms in total. The Morgan fingerprint density at radius 2 is 0.570 bits per heavy atom. The lowest BCUT2D eigenvalue weighted by Gasteiger charge is -2.19. The van der Waals surface area contributed by atoms with Crippen molar-refractivity contribution in [2.45, 2.75) is 298 Å². The van der Waals surface area contributed by atoms with Crippen LogP contribution in [0.4, 0.5) is 11.4 Å². The number of hydrogen-bond donors (Lipinski definition) is 2. The minimum Gasteiger partial charge on any atom is -0.490 e. The molecular formula is C76H118N4O6. The van der Waals surface area contributed by atoms with Gasteiger partial charge in [-0.1, -0.05) is 247 Å². The van der Waals surface area contributed by atoms with E-state index in [2.05, 4.69) is 76.4 Å². The number of benzene rings is 4. The lowest BCUT2D eigenvalue weighted by molar-refractivity contribution is -0.115. The average molecular weight is 1180 g/mol. The normalized spacial score (nSPS) is 11.8. The van der Waals surface area contributed by atoms with Crippen LogP contribution in [0.25, 0.3) is 43.6 Å². The summed E-state index contributed by atoms with van der Waals surface area (Å²) in [5.41, 5.74) is 4.29. The van der Waals surface area contributed by atoms with Gasteiger partial charge in [-0.05, 0) is 97.8 Å². The SMILES string of the molecule is CCCCCCCCCC(=O)/C=C/Nc1cc2nc3c4cc(OCCCCCCCC)c(OCCCCCCCC)cc4c4cc(OCCCCCCCC)c(OCCCCCCCC)cc4c3nc2cc1N/C=C/C(=O)CCCCCCCCC. The third kappa shape index (κ3) is 26.9. The van der Waals surface area contributed by atoms with Gasteiger partial charge in [0.25, 0.3) is 0 Å². The molecule has 0 fully saturated rings. The smallest absolute Gasteiger partial charge is 0.161 e. The molecule has 0 radical (unpaired) electrons. The highest BCUT2D eigenvalue weighted by atomic mass is 16.5. The van der Waals surface area contributed by atoms with Crippen LogP contribution in [-0.2, 0) is 9.59 Å². The van der Waals surface area contributed by atoms with E-state index in [1.165, 1.54) is 167 Å². The van der Waals surface area contributed by atoms with Crippen LogP contribution in [0.2, 0.25) is 0 Å². The molecule has 1 aromatic heterocycles. The Bertz CT molecular complexity index is 2550. The van der Waals surface area contributed by atoms with Crippen LogP contribution >= 0.6 is 0 Å². The van der Waals surface area contributed by atoms with Gasteiger partial charge in [0, 0.05) is 36.0 Å². The predicted octanol–water partition coefficient (Wildman–Crippen LogP) is 23.3. The maximum atomic E-state index is 13.2. The number of nitrogens with one attached hydrogen (secondary N) is 2. The highest BCUT2D eigenvalue weighted by molar-refractivity contribution is 6.25. The van der Waals surface area contributed by atoms with Crippen LogP contribution in [0.5, 0.6) is 23.0 Å². The molecule has 0 spiro atoms. The standard InChI is InChI=1S/C76H118N4O6/c1-7-13-19-25-31-33-39-45-61(81)47-49-77-67-59-69-70(60-68(67)78-50-48-62(82)46-40-34-32-26-20-14-8-2)80-76-66-58-74(86-54-44-38-30-24-18-12-6)72(84-52-42-36-28-22-16-10-4)56-64(66)63-55-71(83-51-41-35-27-21-15-9-3)73(57-65(63)75(76)79-69)85-53-43-37-29-23-17-11-5/h47-50,55-60,77-78H,7-46,51-54H2,1-6H3/b49-47+,50-48+. The van der Waals surface area contributed by atoms with E-state index in [9.17, 15) is 9.59 Å². The monoisotopic (exact) mass is 1180 g/mol. The molecule has 2 N–H and O–H groups in total. The first-order chi connectivity index (χ1) is 42.3. The molecule has 4 aromatic carbocycles. The van der Waals surface area contributed by atoms with Gasteiger partial charge >= 0.3 is 0 Å². The molecule has 10 heteroatoms. The van der Waals surface area contributed by atoms with Crippen molar-refractivity contribution in [3.63, 3.8) is 0 Å².